The van der Waals surface area contributed by atoms with Crippen LogP contribution in [0.4, 0.5) is 5.69 Å². The Balaban J connectivity index is 1.90. The predicted octanol–water partition coefficient (Wildman–Crippen LogP) is 2.97. The standard InChI is InChI=1S/C13H9BrN4O/c14-9-6-4-8(5-7-9)13(19)15-10-2-1-3-11-12(10)17-18-16-11/h1-7H,(H,15,19)(H,16,17,18). The van der Waals surface area contributed by atoms with E-state index in [1.165, 1.54) is 0 Å². The van der Waals surface area contributed by atoms with E-state index in [4.69, 9.17) is 0 Å². The smallest absolute Gasteiger partial charge is 0.255 e. The van der Waals surface area contributed by atoms with Gasteiger partial charge in [0.05, 0.1) is 5.69 Å². The van der Waals surface area contributed by atoms with E-state index in [0.29, 0.717) is 22.3 Å². The first-order chi connectivity index (χ1) is 9.24. The molecule has 0 aliphatic heterocycles. The highest BCUT2D eigenvalue weighted by molar-refractivity contribution is 9.10. The van der Waals surface area contributed by atoms with Gasteiger partial charge in [-0.05, 0) is 36.4 Å². The van der Waals surface area contributed by atoms with Gasteiger partial charge in [-0.25, -0.2) is 0 Å². The molecule has 2 N–H and O–H groups in total. The highest BCUT2D eigenvalue weighted by Gasteiger charge is 2.09. The summed E-state index contributed by atoms with van der Waals surface area (Å²) in [4.78, 5) is 12.1. The summed E-state index contributed by atoms with van der Waals surface area (Å²) >= 11 is 3.33. The van der Waals surface area contributed by atoms with Crippen LogP contribution in [0.25, 0.3) is 11.0 Å². The van der Waals surface area contributed by atoms with Crippen molar-refractivity contribution in [3.63, 3.8) is 0 Å². The summed E-state index contributed by atoms with van der Waals surface area (Å²) < 4.78 is 0.933. The molecule has 1 aromatic heterocycles. The second-order valence-corrected chi connectivity index (χ2v) is 4.87. The van der Waals surface area contributed by atoms with Crippen molar-refractivity contribution in [1.29, 1.82) is 0 Å². The fourth-order valence-corrected chi connectivity index (χ4v) is 2.03. The number of H-pyrrole nitrogens is 1. The van der Waals surface area contributed by atoms with Crippen LogP contribution >= 0.6 is 15.9 Å². The van der Waals surface area contributed by atoms with Gasteiger partial charge >= 0.3 is 0 Å². The molecule has 1 amide bonds. The van der Waals surface area contributed by atoms with E-state index in [2.05, 4.69) is 36.7 Å². The van der Waals surface area contributed by atoms with Gasteiger partial charge in [-0.15, -0.1) is 0 Å². The van der Waals surface area contributed by atoms with Gasteiger partial charge < -0.3 is 5.32 Å². The van der Waals surface area contributed by atoms with Gasteiger partial charge in [-0.3, -0.25) is 4.79 Å². The van der Waals surface area contributed by atoms with E-state index in [9.17, 15) is 4.79 Å². The number of fused-ring (bicyclic) bond motifs is 1. The first kappa shape index (κ1) is 11.9. The highest BCUT2D eigenvalue weighted by atomic mass is 79.9. The number of carbonyl (C=O) groups excluding carboxylic acids is 1. The molecule has 0 fully saturated rings. The van der Waals surface area contributed by atoms with E-state index < -0.39 is 0 Å². The molecule has 6 heteroatoms. The molecule has 3 rings (SSSR count). The second-order valence-electron chi connectivity index (χ2n) is 3.96. The number of aromatic amines is 1. The van der Waals surface area contributed by atoms with E-state index in [1.807, 2.05) is 24.3 Å². The zero-order valence-electron chi connectivity index (χ0n) is 9.72. The quantitative estimate of drug-likeness (QED) is 0.763. The number of halogens is 1. The lowest BCUT2D eigenvalue weighted by atomic mass is 10.2. The Morgan fingerprint density at radius 3 is 2.68 bits per heavy atom. The zero-order valence-corrected chi connectivity index (χ0v) is 11.3. The molecule has 5 nitrogen and oxygen atoms in total. The Labute approximate surface area is 117 Å². The summed E-state index contributed by atoms with van der Waals surface area (Å²) in [6, 6.07) is 12.6. The molecule has 1 heterocycles. The first-order valence-corrected chi connectivity index (χ1v) is 6.40. The van der Waals surface area contributed by atoms with Gasteiger partial charge in [-0.2, -0.15) is 15.4 Å². The van der Waals surface area contributed by atoms with Crippen LogP contribution in [0.3, 0.4) is 0 Å². The van der Waals surface area contributed by atoms with Crippen LogP contribution in [0.2, 0.25) is 0 Å². The van der Waals surface area contributed by atoms with Crippen molar-refractivity contribution in [3.05, 3.63) is 52.5 Å². The van der Waals surface area contributed by atoms with Gasteiger partial charge in [0.25, 0.3) is 5.91 Å². The minimum Gasteiger partial charge on any atom is -0.320 e. The molecule has 3 aromatic rings. The Morgan fingerprint density at radius 2 is 1.89 bits per heavy atom. The molecule has 94 valence electrons. The number of amides is 1. The fraction of sp³-hybridized carbons (Fsp3) is 0. The van der Waals surface area contributed by atoms with Crippen molar-refractivity contribution in [1.82, 2.24) is 15.4 Å². The molecule has 0 atom stereocenters. The summed E-state index contributed by atoms with van der Waals surface area (Å²) in [7, 11) is 0. The third kappa shape index (κ3) is 2.34. The molecule has 19 heavy (non-hydrogen) atoms. The van der Waals surface area contributed by atoms with Gasteiger partial charge in [0.2, 0.25) is 0 Å². The molecule has 0 unspecified atom stereocenters. The second kappa shape index (κ2) is 4.81. The maximum Gasteiger partial charge on any atom is 0.255 e. The number of hydrogen-bond donors (Lipinski definition) is 2. The Bertz CT molecular complexity index is 736. The molecule has 0 aliphatic carbocycles. The van der Waals surface area contributed by atoms with Gasteiger partial charge in [0.15, 0.2) is 0 Å². The number of aromatic nitrogens is 3. The molecular formula is C13H9BrN4O. The number of rotatable bonds is 2. The number of hydrogen-bond acceptors (Lipinski definition) is 3. The minimum absolute atomic E-state index is 0.178. The number of anilines is 1. The molecule has 0 spiro atoms. The number of para-hydroxylation sites is 1. The van der Waals surface area contributed by atoms with E-state index in [1.54, 1.807) is 18.2 Å². The number of nitrogens with zero attached hydrogens (tertiary/aromatic N) is 2. The van der Waals surface area contributed by atoms with Crippen molar-refractivity contribution in [3.8, 4) is 0 Å². The number of nitrogens with one attached hydrogen (secondary N) is 2. The molecule has 0 radical (unpaired) electrons. The Morgan fingerprint density at radius 1 is 1.11 bits per heavy atom. The lowest BCUT2D eigenvalue weighted by Crippen LogP contribution is -2.11. The number of carbonyl (C=O) groups is 1. The summed E-state index contributed by atoms with van der Waals surface area (Å²) in [6.45, 7) is 0. The van der Waals surface area contributed by atoms with Crippen LogP contribution in [0.15, 0.2) is 46.9 Å². The first-order valence-electron chi connectivity index (χ1n) is 5.60. The topological polar surface area (TPSA) is 70.7 Å². The summed E-state index contributed by atoms with van der Waals surface area (Å²) in [5.41, 5.74) is 2.59. The van der Waals surface area contributed by atoms with E-state index in [0.717, 1.165) is 4.47 Å². The predicted molar refractivity (Wildman–Crippen MR) is 76.0 cm³/mol. The van der Waals surface area contributed by atoms with E-state index >= 15 is 0 Å². The van der Waals surface area contributed by atoms with Crippen molar-refractivity contribution in [2.75, 3.05) is 5.32 Å². The monoisotopic (exact) mass is 316 g/mol. The highest BCUT2D eigenvalue weighted by Crippen LogP contribution is 2.20. The normalized spacial score (nSPS) is 10.6. The lowest BCUT2D eigenvalue weighted by Gasteiger charge is -2.05. The fourth-order valence-electron chi connectivity index (χ4n) is 1.76. The molecular weight excluding hydrogens is 308 g/mol. The van der Waals surface area contributed by atoms with Crippen molar-refractivity contribution >= 4 is 38.6 Å². The van der Waals surface area contributed by atoms with Crippen LogP contribution in [0.5, 0.6) is 0 Å². The molecule has 2 aromatic carbocycles. The van der Waals surface area contributed by atoms with E-state index in [-0.39, 0.29) is 5.91 Å². The molecule has 0 saturated carbocycles. The zero-order chi connectivity index (χ0) is 13.2. The maximum atomic E-state index is 12.1. The summed E-state index contributed by atoms with van der Waals surface area (Å²) in [5.74, 6) is -0.178. The Hall–Kier alpha value is -2.21. The van der Waals surface area contributed by atoms with Crippen LogP contribution in [-0.4, -0.2) is 21.3 Å². The molecule has 0 saturated heterocycles. The third-order valence-electron chi connectivity index (χ3n) is 2.70. The molecule has 0 bridgehead atoms. The van der Waals surface area contributed by atoms with Crippen LogP contribution in [0, 0.1) is 0 Å². The summed E-state index contributed by atoms with van der Waals surface area (Å²) in [6.07, 6.45) is 0. The lowest BCUT2D eigenvalue weighted by molar-refractivity contribution is 0.102. The van der Waals surface area contributed by atoms with Crippen molar-refractivity contribution in [2.45, 2.75) is 0 Å². The maximum absolute atomic E-state index is 12.1. The van der Waals surface area contributed by atoms with Crippen LogP contribution in [0.1, 0.15) is 10.4 Å². The minimum atomic E-state index is -0.178. The van der Waals surface area contributed by atoms with Gasteiger partial charge in [-0.1, -0.05) is 22.0 Å². The van der Waals surface area contributed by atoms with Gasteiger partial charge in [0.1, 0.15) is 11.0 Å². The molecule has 0 aliphatic rings. The average molecular weight is 317 g/mol. The van der Waals surface area contributed by atoms with Crippen LogP contribution < -0.4 is 5.32 Å². The average Bonchev–Trinajstić information content (AvgIpc) is 2.89. The van der Waals surface area contributed by atoms with Crippen molar-refractivity contribution < 1.29 is 4.79 Å². The third-order valence-corrected chi connectivity index (χ3v) is 3.23. The van der Waals surface area contributed by atoms with Gasteiger partial charge in [0, 0.05) is 10.0 Å². The number of benzene rings is 2. The largest absolute Gasteiger partial charge is 0.320 e. The SMILES string of the molecule is O=C(Nc1cccc2n[nH]nc12)c1ccc(Br)cc1. The van der Waals surface area contributed by atoms with Crippen LogP contribution in [-0.2, 0) is 0 Å². The summed E-state index contributed by atoms with van der Waals surface area (Å²) in [5, 5.41) is 13.4. The Kier molecular flexibility index (Phi) is 3.00. The van der Waals surface area contributed by atoms with Crippen molar-refractivity contribution in [2.24, 2.45) is 0 Å².